The lowest BCUT2D eigenvalue weighted by Gasteiger charge is -2.24. The van der Waals surface area contributed by atoms with E-state index in [1.165, 1.54) is 38.2 Å². The lowest BCUT2D eigenvalue weighted by atomic mass is 9.98. The Morgan fingerprint density at radius 3 is 2.84 bits per heavy atom. The molecule has 0 aromatic heterocycles. The summed E-state index contributed by atoms with van der Waals surface area (Å²) in [5.41, 5.74) is 1.87. The van der Waals surface area contributed by atoms with Crippen molar-refractivity contribution in [1.82, 2.24) is 0 Å². The minimum atomic E-state index is -0.146. The topological polar surface area (TPSA) is 21.3 Å². The summed E-state index contributed by atoms with van der Waals surface area (Å²) in [6, 6.07) is 5.17. The van der Waals surface area contributed by atoms with Gasteiger partial charge in [0.25, 0.3) is 0 Å². The molecule has 1 saturated heterocycles. The zero-order chi connectivity index (χ0) is 13.3. The maximum atomic E-state index is 13.2. The smallest absolute Gasteiger partial charge is 0.126 e. The van der Waals surface area contributed by atoms with E-state index in [0.29, 0.717) is 11.7 Å². The van der Waals surface area contributed by atoms with E-state index in [0.717, 1.165) is 18.7 Å². The number of anilines is 1. The van der Waals surface area contributed by atoms with Crippen LogP contribution in [0.2, 0.25) is 0 Å². The maximum Gasteiger partial charge on any atom is 0.126 e. The lowest BCUT2D eigenvalue weighted by molar-refractivity contribution is -0.0307. The fraction of sp³-hybridized carbons (Fsp3) is 0.625. The van der Waals surface area contributed by atoms with Gasteiger partial charge in [0.2, 0.25) is 0 Å². The average Bonchev–Trinajstić information content (AvgIpc) is 3.02. The van der Waals surface area contributed by atoms with Crippen LogP contribution in [0.1, 0.15) is 44.1 Å². The van der Waals surface area contributed by atoms with Crippen LogP contribution in [0.4, 0.5) is 10.1 Å². The van der Waals surface area contributed by atoms with Crippen LogP contribution in [0.25, 0.3) is 0 Å². The highest BCUT2D eigenvalue weighted by atomic mass is 19.1. The molecule has 19 heavy (non-hydrogen) atoms. The van der Waals surface area contributed by atoms with Crippen LogP contribution in [-0.4, -0.2) is 18.2 Å². The maximum absolute atomic E-state index is 13.2. The van der Waals surface area contributed by atoms with Crippen molar-refractivity contribution in [3.63, 3.8) is 0 Å². The highest BCUT2D eigenvalue weighted by Gasteiger charge is 2.41. The van der Waals surface area contributed by atoms with Crippen molar-refractivity contribution in [2.24, 2.45) is 0 Å². The third-order valence-electron chi connectivity index (χ3n) is 4.55. The number of ether oxygens (including phenoxy) is 1. The standard InChI is InChI=1S/C16H22FNO/c1-12-10-13(4-5-15(12)17)18-11-14-6-9-16(19-14)7-2-3-8-16/h4-5,10,14,18H,2-3,6-9,11H2,1H3. The first-order valence-electron chi connectivity index (χ1n) is 7.35. The van der Waals surface area contributed by atoms with E-state index >= 15 is 0 Å². The van der Waals surface area contributed by atoms with Gasteiger partial charge >= 0.3 is 0 Å². The molecule has 2 fully saturated rings. The van der Waals surface area contributed by atoms with Crippen molar-refractivity contribution in [2.75, 3.05) is 11.9 Å². The fourth-order valence-corrected chi connectivity index (χ4v) is 3.41. The summed E-state index contributed by atoms with van der Waals surface area (Å²) in [7, 11) is 0. The Kier molecular flexibility index (Phi) is 3.48. The normalized spacial score (nSPS) is 25.1. The third-order valence-corrected chi connectivity index (χ3v) is 4.55. The zero-order valence-corrected chi connectivity index (χ0v) is 11.5. The molecule has 1 aromatic carbocycles. The van der Waals surface area contributed by atoms with Gasteiger partial charge in [-0.25, -0.2) is 4.39 Å². The Labute approximate surface area is 114 Å². The van der Waals surface area contributed by atoms with Crippen molar-refractivity contribution >= 4 is 5.69 Å². The quantitative estimate of drug-likeness (QED) is 0.888. The van der Waals surface area contributed by atoms with Gasteiger partial charge < -0.3 is 10.1 Å². The van der Waals surface area contributed by atoms with E-state index in [1.807, 2.05) is 6.07 Å². The molecule has 104 valence electrons. The minimum Gasteiger partial charge on any atom is -0.382 e. The molecule has 3 heteroatoms. The van der Waals surface area contributed by atoms with Gasteiger partial charge in [-0.1, -0.05) is 12.8 Å². The molecule has 1 aliphatic heterocycles. The number of rotatable bonds is 3. The van der Waals surface area contributed by atoms with Crippen molar-refractivity contribution in [3.8, 4) is 0 Å². The van der Waals surface area contributed by atoms with E-state index in [1.54, 1.807) is 13.0 Å². The number of nitrogens with one attached hydrogen (secondary N) is 1. The Balaban J connectivity index is 1.54. The molecule has 0 radical (unpaired) electrons. The van der Waals surface area contributed by atoms with Crippen molar-refractivity contribution < 1.29 is 9.13 Å². The van der Waals surface area contributed by atoms with Gasteiger partial charge in [-0.15, -0.1) is 0 Å². The summed E-state index contributed by atoms with van der Waals surface area (Å²) in [5, 5.41) is 3.37. The summed E-state index contributed by atoms with van der Waals surface area (Å²) < 4.78 is 19.4. The van der Waals surface area contributed by atoms with Gasteiger partial charge in [0, 0.05) is 12.2 Å². The second-order valence-corrected chi connectivity index (χ2v) is 6.01. The Hall–Kier alpha value is -1.09. The van der Waals surface area contributed by atoms with Gasteiger partial charge in [0.05, 0.1) is 11.7 Å². The first-order valence-corrected chi connectivity index (χ1v) is 7.35. The van der Waals surface area contributed by atoms with Gasteiger partial charge in [0.1, 0.15) is 5.82 Å². The number of hydrogen-bond donors (Lipinski definition) is 1. The monoisotopic (exact) mass is 263 g/mol. The number of aryl methyl sites for hydroxylation is 1. The highest BCUT2D eigenvalue weighted by Crippen LogP contribution is 2.43. The molecule has 0 amide bonds. The largest absolute Gasteiger partial charge is 0.382 e. The SMILES string of the molecule is Cc1cc(NCC2CCC3(CCCC3)O2)ccc1F. The molecule has 1 saturated carbocycles. The predicted molar refractivity (Wildman–Crippen MR) is 74.9 cm³/mol. The number of hydrogen-bond acceptors (Lipinski definition) is 2. The minimum absolute atomic E-state index is 0.146. The van der Waals surface area contributed by atoms with Crippen molar-refractivity contribution in [1.29, 1.82) is 0 Å². The molecule has 1 heterocycles. The highest BCUT2D eigenvalue weighted by molar-refractivity contribution is 5.46. The molecule has 2 aliphatic rings. The second kappa shape index (κ2) is 5.12. The van der Waals surface area contributed by atoms with Crippen LogP contribution in [0.15, 0.2) is 18.2 Å². The van der Waals surface area contributed by atoms with Crippen LogP contribution in [0.5, 0.6) is 0 Å². The van der Waals surface area contributed by atoms with Crippen LogP contribution < -0.4 is 5.32 Å². The van der Waals surface area contributed by atoms with Crippen LogP contribution in [0, 0.1) is 12.7 Å². The van der Waals surface area contributed by atoms with E-state index in [-0.39, 0.29) is 11.4 Å². The van der Waals surface area contributed by atoms with Gasteiger partial charge in [-0.3, -0.25) is 0 Å². The Bertz CT molecular complexity index is 454. The summed E-state index contributed by atoms with van der Waals surface area (Å²) in [6.45, 7) is 2.62. The van der Waals surface area contributed by atoms with E-state index in [4.69, 9.17) is 4.74 Å². The molecule has 3 rings (SSSR count). The summed E-state index contributed by atoms with van der Waals surface area (Å²) in [6.07, 6.45) is 7.77. The fourth-order valence-electron chi connectivity index (χ4n) is 3.41. The molecular formula is C16H22FNO. The third kappa shape index (κ3) is 2.76. The first-order chi connectivity index (χ1) is 9.17. The van der Waals surface area contributed by atoms with E-state index in [9.17, 15) is 4.39 Å². The van der Waals surface area contributed by atoms with Crippen molar-refractivity contribution in [2.45, 2.75) is 57.2 Å². The van der Waals surface area contributed by atoms with Gasteiger partial charge in [-0.05, 0) is 56.4 Å². The molecule has 1 aliphatic carbocycles. The molecule has 1 atom stereocenters. The number of benzene rings is 1. The molecule has 0 bridgehead atoms. The summed E-state index contributed by atoms with van der Waals surface area (Å²) in [4.78, 5) is 0. The Morgan fingerprint density at radius 1 is 1.32 bits per heavy atom. The van der Waals surface area contributed by atoms with Crippen LogP contribution in [0.3, 0.4) is 0 Å². The van der Waals surface area contributed by atoms with Crippen LogP contribution in [-0.2, 0) is 4.74 Å². The van der Waals surface area contributed by atoms with Crippen molar-refractivity contribution in [3.05, 3.63) is 29.6 Å². The molecule has 2 nitrogen and oxygen atoms in total. The molecule has 1 unspecified atom stereocenters. The van der Waals surface area contributed by atoms with Gasteiger partial charge in [0.15, 0.2) is 0 Å². The van der Waals surface area contributed by atoms with E-state index in [2.05, 4.69) is 5.32 Å². The summed E-state index contributed by atoms with van der Waals surface area (Å²) in [5.74, 6) is -0.146. The van der Waals surface area contributed by atoms with Crippen LogP contribution >= 0.6 is 0 Å². The molecular weight excluding hydrogens is 241 g/mol. The Morgan fingerprint density at radius 2 is 2.11 bits per heavy atom. The zero-order valence-electron chi connectivity index (χ0n) is 11.5. The molecule has 1 N–H and O–H groups in total. The first kappa shape index (κ1) is 12.9. The molecule has 1 aromatic rings. The molecule has 1 spiro atoms. The predicted octanol–water partition coefficient (Wildman–Crippen LogP) is 4.04. The number of halogens is 1. The lowest BCUT2D eigenvalue weighted by Crippen LogP contribution is -2.27. The van der Waals surface area contributed by atoms with E-state index < -0.39 is 0 Å². The van der Waals surface area contributed by atoms with Gasteiger partial charge in [-0.2, -0.15) is 0 Å². The average molecular weight is 263 g/mol. The summed E-state index contributed by atoms with van der Waals surface area (Å²) >= 11 is 0. The second-order valence-electron chi connectivity index (χ2n) is 6.01.